The zero-order valence-corrected chi connectivity index (χ0v) is 15.1. The Labute approximate surface area is 147 Å². The standard InChI is InChI=1S/C20H25N3O2/c1-11-15-10-25-9-12-5-4-6-23(17(12)15)18(11)20(2,3)22-19(24)16-13-7-21-8-14(13)16/h4-6,13-14,16,21H,7-10H2,1-3H3,(H,22,24)/t13-,14+,16+. The zero-order valence-electron chi connectivity index (χ0n) is 15.1. The number of nitrogens with one attached hydrogen (secondary N) is 2. The van der Waals surface area contributed by atoms with Crippen molar-refractivity contribution in [2.24, 2.45) is 17.8 Å². The van der Waals surface area contributed by atoms with Gasteiger partial charge in [-0.2, -0.15) is 0 Å². The number of amides is 1. The Balaban J connectivity index is 1.53. The summed E-state index contributed by atoms with van der Waals surface area (Å²) in [6.45, 7) is 9.67. The summed E-state index contributed by atoms with van der Waals surface area (Å²) >= 11 is 0. The summed E-state index contributed by atoms with van der Waals surface area (Å²) in [4.78, 5) is 12.8. The Kier molecular flexibility index (Phi) is 3.13. The third-order valence-corrected chi connectivity index (χ3v) is 6.34. The number of carbonyl (C=O) groups is 1. The highest BCUT2D eigenvalue weighted by Gasteiger charge is 2.57. The number of nitrogens with zero attached hydrogens (tertiary/aromatic N) is 1. The fourth-order valence-electron chi connectivity index (χ4n) is 5.16. The molecule has 5 rings (SSSR count). The van der Waals surface area contributed by atoms with Crippen molar-refractivity contribution in [2.45, 2.75) is 39.5 Å². The highest BCUT2D eigenvalue weighted by molar-refractivity contribution is 5.83. The van der Waals surface area contributed by atoms with Crippen LogP contribution in [0.3, 0.4) is 0 Å². The third-order valence-electron chi connectivity index (χ3n) is 6.34. The van der Waals surface area contributed by atoms with Crippen LogP contribution < -0.4 is 10.6 Å². The van der Waals surface area contributed by atoms with Gasteiger partial charge in [-0.15, -0.1) is 0 Å². The van der Waals surface area contributed by atoms with Gasteiger partial charge in [-0.05, 0) is 57.3 Å². The fourth-order valence-corrected chi connectivity index (χ4v) is 5.16. The summed E-state index contributed by atoms with van der Waals surface area (Å²) in [7, 11) is 0. The largest absolute Gasteiger partial charge is 0.372 e. The van der Waals surface area contributed by atoms with Crippen molar-refractivity contribution >= 4 is 11.4 Å². The van der Waals surface area contributed by atoms with E-state index in [2.05, 4.69) is 54.1 Å². The zero-order chi connectivity index (χ0) is 17.3. The summed E-state index contributed by atoms with van der Waals surface area (Å²) in [5.74, 6) is 1.48. The van der Waals surface area contributed by atoms with E-state index >= 15 is 0 Å². The van der Waals surface area contributed by atoms with Crippen LogP contribution in [0.2, 0.25) is 0 Å². The molecule has 25 heavy (non-hydrogen) atoms. The van der Waals surface area contributed by atoms with Gasteiger partial charge in [-0.1, -0.05) is 6.07 Å². The Morgan fingerprint density at radius 2 is 2.08 bits per heavy atom. The minimum absolute atomic E-state index is 0.195. The number of carbonyl (C=O) groups excluding carboxylic acids is 1. The Bertz CT molecular complexity index is 873. The van der Waals surface area contributed by atoms with E-state index in [-0.39, 0.29) is 11.8 Å². The molecular formula is C20H25N3O2. The van der Waals surface area contributed by atoms with Gasteiger partial charge in [-0.25, -0.2) is 0 Å². The van der Waals surface area contributed by atoms with E-state index < -0.39 is 5.54 Å². The first kappa shape index (κ1) is 15.4. The molecule has 0 radical (unpaired) electrons. The molecular weight excluding hydrogens is 314 g/mol. The molecule has 1 saturated carbocycles. The monoisotopic (exact) mass is 339 g/mol. The van der Waals surface area contributed by atoms with E-state index in [9.17, 15) is 4.79 Å². The van der Waals surface area contributed by atoms with E-state index in [1.54, 1.807) is 0 Å². The van der Waals surface area contributed by atoms with Crippen molar-refractivity contribution < 1.29 is 9.53 Å². The number of hydrogen-bond acceptors (Lipinski definition) is 3. The molecule has 2 aromatic rings. The second-order valence-corrected chi connectivity index (χ2v) is 8.32. The second-order valence-electron chi connectivity index (χ2n) is 8.32. The fraction of sp³-hybridized carbons (Fsp3) is 0.550. The van der Waals surface area contributed by atoms with Crippen LogP contribution in [-0.2, 0) is 28.3 Å². The predicted molar refractivity (Wildman–Crippen MR) is 95.1 cm³/mol. The Morgan fingerprint density at radius 1 is 1.32 bits per heavy atom. The van der Waals surface area contributed by atoms with E-state index in [1.807, 2.05) is 0 Å². The van der Waals surface area contributed by atoms with Gasteiger partial charge >= 0.3 is 0 Å². The van der Waals surface area contributed by atoms with Crippen molar-refractivity contribution in [3.05, 3.63) is 40.7 Å². The maximum absolute atomic E-state index is 12.8. The number of pyridine rings is 1. The maximum Gasteiger partial charge on any atom is 0.224 e. The number of aromatic nitrogens is 1. The average molecular weight is 339 g/mol. The van der Waals surface area contributed by atoms with Crippen LogP contribution in [0.15, 0.2) is 18.3 Å². The van der Waals surface area contributed by atoms with Crippen LogP contribution in [-0.4, -0.2) is 23.4 Å². The number of hydrogen-bond donors (Lipinski definition) is 2. The molecule has 1 amide bonds. The first-order chi connectivity index (χ1) is 12.0. The molecule has 2 N–H and O–H groups in total. The third kappa shape index (κ3) is 2.12. The Morgan fingerprint density at radius 3 is 2.84 bits per heavy atom. The molecule has 2 aromatic heterocycles. The lowest BCUT2D eigenvalue weighted by Crippen LogP contribution is -2.44. The van der Waals surface area contributed by atoms with Crippen molar-refractivity contribution in [2.75, 3.05) is 13.1 Å². The molecule has 1 saturated heterocycles. The highest BCUT2D eigenvalue weighted by atomic mass is 16.5. The molecule has 4 heterocycles. The molecule has 3 atom stereocenters. The van der Waals surface area contributed by atoms with Crippen molar-refractivity contribution in [1.29, 1.82) is 0 Å². The molecule has 2 aliphatic heterocycles. The van der Waals surface area contributed by atoms with Gasteiger partial charge in [0.15, 0.2) is 0 Å². The first-order valence-corrected chi connectivity index (χ1v) is 9.21. The van der Waals surface area contributed by atoms with Gasteiger partial charge in [-0.3, -0.25) is 4.79 Å². The van der Waals surface area contributed by atoms with Crippen LogP contribution in [0.5, 0.6) is 0 Å². The molecule has 132 valence electrons. The molecule has 0 aromatic carbocycles. The van der Waals surface area contributed by atoms with Crippen LogP contribution in [0, 0.1) is 24.7 Å². The maximum atomic E-state index is 12.8. The van der Waals surface area contributed by atoms with Gasteiger partial charge in [0.05, 0.1) is 30.0 Å². The minimum Gasteiger partial charge on any atom is -0.372 e. The first-order valence-electron chi connectivity index (χ1n) is 9.21. The van der Waals surface area contributed by atoms with Crippen LogP contribution in [0.4, 0.5) is 0 Å². The number of fused-ring (bicyclic) bond motifs is 1. The van der Waals surface area contributed by atoms with Crippen LogP contribution in [0.25, 0.3) is 5.52 Å². The summed E-state index contributed by atoms with van der Waals surface area (Å²) < 4.78 is 8.03. The SMILES string of the molecule is Cc1c2c3c(cccn3c1C(C)(C)NC(=O)[C@H]1[C@@H]3CNC[C@@H]31)COC2. The molecule has 0 spiro atoms. The highest BCUT2D eigenvalue weighted by Crippen LogP contribution is 2.49. The molecule has 3 aliphatic rings. The average Bonchev–Trinajstić information content (AvgIpc) is 2.91. The second kappa shape index (κ2) is 5.08. The molecule has 0 unspecified atom stereocenters. The van der Waals surface area contributed by atoms with Gasteiger partial charge in [0, 0.05) is 23.2 Å². The van der Waals surface area contributed by atoms with Gasteiger partial charge in [0.25, 0.3) is 0 Å². The summed E-state index contributed by atoms with van der Waals surface area (Å²) in [5, 5.41) is 6.71. The summed E-state index contributed by atoms with van der Waals surface area (Å²) in [6.07, 6.45) is 2.11. The lowest BCUT2D eigenvalue weighted by molar-refractivity contribution is -0.124. The predicted octanol–water partition coefficient (Wildman–Crippen LogP) is 2.09. The molecule has 1 aliphatic carbocycles. The number of rotatable bonds is 3. The van der Waals surface area contributed by atoms with Gasteiger partial charge in [0.1, 0.15) is 0 Å². The normalized spacial score (nSPS) is 27.4. The number of ether oxygens (including phenoxy) is 1. The lowest BCUT2D eigenvalue weighted by atomic mass is 9.95. The Hall–Kier alpha value is -1.85. The van der Waals surface area contributed by atoms with E-state index in [0.717, 1.165) is 13.1 Å². The quantitative estimate of drug-likeness (QED) is 0.900. The van der Waals surface area contributed by atoms with Crippen molar-refractivity contribution in [1.82, 2.24) is 15.0 Å². The lowest BCUT2D eigenvalue weighted by Gasteiger charge is -2.28. The van der Waals surface area contributed by atoms with Crippen LogP contribution >= 0.6 is 0 Å². The summed E-state index contributed by atoms with van der Waals surface area (Å²) in [6, 6.07) is 4.20. The molecule has 0 bridgehead atoms. The van der Waals surface area contributed by atoms with Crippen molar-refractivity contribution in [3.8, 4) is 0 Å². The smallest absolute Gasteiger partial charge is 0.224 e. The molecule has 2 fully saturated rings. The minimum atomic E-state index is -0.421. The van der Waals surface area contributed by atoms with E-state index in [0.29, 0.717) is 25.0 Å². The topological polar surface area (TPSA) is 54.8 Å². The van der Waals surface area contributed by atoms with E-state index in [1.165, 1.54) is 27.9 Å². The number of piperidine rings is 1. The van der Waals surface area contributed by atoms with Crippen LogP contribution in [0.1, 0.15) is 36.2 Å². The van der Waals surface area contributed by atoms with Gasteiger partial charge < -0.3 is 19.8 Å². The van der Waals surface area contributed by atoms with Gasteiger partial charge in [0.2, 0.25) is 5.91 Å². The van der Waals surface area contributed by atoms with Crippen molar-refractivity contribution in [3.63, 3.8) is 0 Å². The molecule has 5 heteroatoms. The van der Waals surface area contributed by atoms with E-state index in [4.69, 9.17) is 4.74 Å². The molecule has 5 nitrogen and oxygen atoms in total. The summed E-state index contributed by atoms with van der Waals surface area (Å²) in [5.41, 5.74) is 5.72.